The molecule has 3 aliphatic heterocycles. The average Bonchev–Trinajstić information content (AvgIpc) is 3.80. The molecule has 5 rings (SSSR count). The van der Waals surface area contributed by atoms with Gasteiger partial charge in [-0.1, -0.05) is 65.0 Å². The van der Waals surface area contributed by atoms with Crippen molar-refractivity contribution in [2.45, 2.75) is 89.7 Å². The van der Waals surface area contributed by atoms with Crippen LogP contribution in [0.5, 0.6) is 11.5 Å². The minimum absolute atomic E-state index is 0.00249. The molecule has 2 aromatic carbocycles. The topological polar surface area (TPSA) is 167 Å². The molecule has 0 saturated carbocycles. The molecule has 2 saturated heterocycles. The number of rotatable bonds is 15. The van der Waals surface area contributed by atoms with E-state index in [1.807, 2.05) is 65.0 Å². The smallest absolute Gasteiger partial charge is 0.243 e. The number of benzene rings is 2. The summed E-state index contributed by atoms with van der Waals surface area (Å²) in [5.74, 6) is 0.397. The summed E-state index contributed by atoms with van der Waals surface area (Å²) >= 11 is 0. The van der Waals surface area contributed by atoms with E-state index in [0.29, 0.717) is 43.9 Å². The van der Waals surface area contributed by atoms with Crippen LogP contribution in [0.3, 0.4) is 0 Å². The normalized spacial score (nSPS) is 21.5. The number of aliphatic hydroxyl groups is 1. The molecule has 2 fully saturated rings. The van der Waals surface area contributed by atoms with E-state index in [2.05, 4.69) is 5.32 Å². The van der Waals surface area contributed by atoms with E-state index in [-0.39, 0.29) is 43.1 Å². The first-order chi connectivity index (χ1) is 23.6. The first-order valence-corrected chi connectivity index (χ1v) is 18.6. The second kappa shape index (κ2) is 15.4. The second-order valence-corrected chi connectivity index (χ2v) is 17.1. The Balaban J connectivity index is 1.44. The van der Waals surface area contributed by atoms with Crippen LogP contribution in [0, 0.1) is 16.7 Å². The SMILES string of the molecule is CC(C)(CCCNC(=O)C(C)(C)C)CN(C[C@@H](O)[C@H](Cc1ccccc1)N(C(=O)[O-])[C@H]1CO[C@H]2OCC[C@H]21)S(=O)(=O)c1ccc2c(c1)OCO2. The molecule has 0 radical (unpaired) electrons. The highest BCUT2D eigenvalue weighted by Crippen LogP contribution is 2.38. The summed E-state index contributed by atoms with van der Waals surface area (Å²) < 4.78 is 52.4. The highest BCUT2D eigenvalue weighted by molar-refractivity contribution is 7.89. The lowest BCUT2D eigenvalue weighted by Crippen LogP contribution is -2.61. The van der Waals surface area contributed by atoms with E-state index in [4.69, 9.17) is 18.9 Å². The molecule has 0 unspecified atom stereocenters. The molecule has 2 N–H and O–H groups in total. The molecular formula is C36H50N3O10S-. The summed E-state index contributed by atoms with van der Waals surface area (Å²) in [5.41, 5.74) is -0.372. The Labute approximate surface area is 294 Å². The van der Waals surface area contributed by atoms with Gasteiger partial charge in [-0.15, -0.1) is 0 Å². The molecule has 2 amide bonds. The van der Waals surface area contributed by atoms with Crippen LogP contribution in [0.4, 0.5) is 4.79 Å². The van der Waals surface area contributed by atoms with Gasteiger partial charge in [0.1, 0.15) is 6.09 Å². The van der Waals surface area contributed by atoms with Gasteiger partial charge < -0.3 is 44.2 Å². The Bertz CT molecular complexity index is 1600. The Hall–Kier alpha value is -3.43. The molecule has 0 spiro atoms. The van der Waals surface area contributed by atoms with Crippen molar-refractivity contribution in [3.05, 3.63) is 54.1 Å². The Morgan fingerprint density at radius 1 is 1.04 bits per heavy atom. The fraction of sp³-hybridized carbons (Fsp3) is 0.611. The number of nitrogens with one attached hydrogen (secondary N) is 1. The van der Waals surface area contributed by atoms with Gasteiger partial charge in [-0.3, -0.25) is 4.79 Å². The third kappa shape index (κ3) is 8.89. The zero-order chi connectivity index (χ0) is 36.3. The first-order valence-electron chi connectivity index (χ1n) is 17.2. The molecule has 0 aromatic heterocycles. The molecule has 3 heterocycles. The van der Waals surface area contributed by atoms with Crippen molar-refractivity contribution in [1.29, 1.82) is 0 Å². The summed E-state index contributed by atoms with van der Waals surface area (Å²) in [6.07, 6.45) is -1.64. The lowest BCUT2D eigenvalue weighted by Gasteiger charge is -2.43. The summed E-state index contributed by atoms with van der Waals surface area (Å²) in [4.78, 5) is 26.4. The van der Waals surface area contributed by atoms with Crippen LogP contribution in [0.1, 0.15) is 59.4 Å². The van der Waals surface area contributed by atoms with Gasteiger partial charge in [-0.25, -0.2) is 8.42 Å². The molecular weight excluding hydrogens is 666 g/mol. The third-order valence-corrected chi connectivity index (χ3v) is 11.4. The fourth-order valence-corrected chi connectivity index (χ4v) is 8.54. The number of amides is 2. The van der Waals surface area contributed by atoms with Crippen molar-refractivity contribution in [3.63, 3.8) is 0 Å². The summed E-state index contributed by atoms with van der Waals surface area (Å²) in [6, 6.07) is 11.8. The van der Waals surface area contributed by atoms with E-state index >= 15 is 0 Å². The second-order valence-electron chi connectivity index (χ2n) is 15.2. The van der Waals surface area contributed by atoms with Crippen LogP contribution < -0.4 is 19.9 Å². The van der Waals surface area contributed by atoms with E-state index in [9.17, 15) is 28.2 Å². The fourth-order valence-electron chi connectivity index (χ4n) is 6.88. The van der Waals surface area contributed by atoms with E-state index in [1.165, 1.54) is 22.5 Å². The van der Waals surface area contributed by atoms with Crippen LogP contribution in [0.2, 0.25) is 0 Å². The number of carbonyl (C=O) groups excluding carboxylic acids is 2. The van der Waals surface area contributed by atoms with Gasteiger partial charge in [0.15, 0.2) is 17.8 Å². The van der Waals surface area contributed by atoms with Gasteiger partial charge in [-0.2, -0.15) is 4.31 Å². The molecule has 14 heteroatoms. The van der Waals surface area contributed by atoms with Gasteiger partial charge in [0.05, 0.1) is 36.3 Å². The molecule has 5 atom stereocenters. The number of carboxylic acid groups (broad SMARTS) is 1. The molecule has 50 heavy (non-hydrogen) atoms. The number of aliphatic hydroxyl groups excluding tert-OH is 1. The van der Waals surface area contributed by atoms with Crippen molar-refractivity contribution in [2.24, 2.45) is 16.7 Å². The minimum Gasteiger partial charge on any atom is -0.530 e. The van der Waals surface area contributed by atoms with Crippen molar-refractivity contribution in [3.8, 4) is 11.5 Å². The van der Waals surface area contributed by atoms with Gasteiger partial charge >= 0.3 is 0 Å². The minimum atomic E-state index is -4.26. The van der Waals surface area contributed by atoms with Gasteiger partial charge in [0.25, 0.3) is 0 Å². The highest BCUT2D eigenvalue weighted by Gasteiger charge is 2.47. The number of ether oxygens (including phenoxy) is 4. The number of hydrogen-bond donors (Lipinski definition) is 2. The first kappa shape index (κ1) is 37.8. The molecule has 13 nitrogen and oxygen atoms in total. The number of carbonyl (C=O) groups is 2. The lowest BCUT2D eigenvalue weighted by molar-refractivity contribution is -0.273. The van der Waals surface area contributed by atoms with Gasteiger partial charge in [0.2, 0.25) is 22.7 Å². The van der Waals surface area contributed by atoms with E-state index in [1.54, 1.807) is 0 Å². The largest absolute Gasteiger partial charge is 0.530 e. The van der Waals surface area contributed by atoms with E-state index in [0.717, 1.165) is 10.5 Å². The van der Waals surface area contributed by atoms with Crippen molar-refractivity contribution < 1.29 is 47.2 Å². The predicted octanol–water partition coefficient (Wildman–Crippen LogP) is 2.75. The number of hydrogen-bond acceptors (Lipinski definition) is 10. The van der Waals surface area contributed by atoms with Gasteiger partial charge in [-0.05, 0) is 48.8 Å². The van der Waals surface area contributed by atoms with Crippen LogP contribution in [0.15, 0.2) is 53.4 Å². The molecule has 0 bridgehead atoms. The summed E-state index contributed by atoms with van der Waals surface area (Å²) in [5, 5.41) is 27.9. The molecule has 276 valence electrons. The Kier molecular flexibility index (Phi) is 11.7. The van der Waals surface area contributed by atoms with Crippen LogP contribution in [-0.2, 0) is 30.7 Å². The molecule has 3 aliphatic rings. The maximum Gasteiger partial charge on any atom is 0.243 e. The van der Waals surface area contributed by atoms with Crippen LogP contribution >= 0.6 is 0 Å². The lowest BCUT2D eigenvalue weighted by atomic mass is 9.87. The summed E-state index contributed by atoms with van der Waals surface area (Å²) in [7, 11) is -4.26. The van der Waals surface area contributed by atoms with Crippen molar-refractivity contribution in [1.82, 2.24) is 14.5 Å². The predicted molar refractivity (Wildman–Crippen MR) is 182 cm³/mol. The zero-order valence-corrected chi connectivity index (χ0v) is 30.3. The monoisotopic (exact) mass is 716 g/mol. The molecule has 0 aliphatic carbocycles. The van der Waals surface area contributed by atoms with E-state index < -0.39 is 58.0 Å². The maximum absolute atomic E-state index is 14.4. The maximum atomic E-state index is 14.4. The van der Waals surface area contributed by atoms with Crippen LogP contribution in [0.25, 0.3) is 0 Å². The third-order valence-electron chi connectivity index (χ3n) is 9.64. The zero-order valence-electron chi connectivity index (χ0n) is 29.5. The molecule has 2 aromatic rings. The Morgan fingerprint density at radius 3 is 2.46 bits per heavy atom. The Morgan fingerprint density at radius 2 is 1.76 bits per heavy atom. The van der Waals surface area contributed by atoms with Crippen LogP contribution in [-0.4, -0.2) is 98.8 Å². The highest BCUT2D eigenvalue weighted by atomic mass is 32.2. The number of sulfonamides is 1. The summed E-state index contributed by atoms with van der Waals surface area (Å²) in [6.45, 7) is 9.85. The average molecular weight is 717 g/mol. The number of nitrogens with zero attached hydrogens (tertiary/aromatic N) is 2. The van der Waals surface area contributed by atoms with Crippen molar-refractivity contribution >= 4 is 22.0 Å². The number of fused-ring (bicyclic) bond motifs is 2. The standard InChI is InChI=1S/C36H51N3O10S/c1-35(2,3)33(41)37-16-9-15-36(4,5)22-38(50(44,45)25-12-13-30-31(19-25)49-23-48-30)20-29(40)27(18-24-10-7-6-8-11-24)39(34(42)43)28-21-47-32-26(28)14-17-46-32/h6-8,10-13,19,26-29,32,40H,9,14-18,20-23H2,1-5H3,(H,37,41)(H,42,43)/p-1/t26-,27-,28-,29+,32+/m0/s1. The van der Waals surface area contributed by atoms with Gasteiger partial charge in [0, 0.05) is 37.0 Å². The van der Waals surface area contributed by atoms with Crippen molar-refractivity contribution in [2.75, 3.05) is 39.6 Å². The quantitative estimate of drug-likeness (QED) is 0.262.